The highest BCUT2D eigenvalue weighted by atomic mass is 32.2. The number of carbonyl (C=O) groups is 1. The van der Waals surface area contributed by atoms with E-state index < -0.39 is 0 Å². The lowest BCUT2D eigenvalue weighted by atomic mass is 9.49. The number of fused-ring (bicyclic) bond motifs is 1. The lowest BCUT2D eigenvalue weighted by Gasteiger charge is -2.57. The Balaban J connectivity index is 1.02. The molecule has 4 heterocycles. The van der Waals surface area contributed by atoms with E-state index in [1.807, 2.05) is 37.6 Å². The predicted octanol–water partition coefficient (Wildman–Crippen LogP) is 6.87. The molecule has 1 atom stereocenters. The average molecular weight is 616 g/mol. The molecule has 7 nitrogen and oxygen atoms in total. The van der Waals surface area contributed by atoms with Gasteiger partial charge in [-0.05, 0) is 152 Å². The minimum Gasteiger partial charge on any atom is -0.348 e. The third-order valence-corrected chi connectivity index (χ3v) is 12.8. The maximum absolute atomic E-state index is 13.7. The van der Waals surface area contributed by atoms with Gasteiger partial charge in [-0.3, -0.25) is 9.59 Å². The molecule has 3 aromatic heterocycles. The molecule has 8 rings (SSSR count). The van der Waals surface area contributed by atoms with Crippen molar-refractivity contribution in [3.63, 3.8) is 0 Å². The molecule has 1 amide bonds. The zero-order chi connectivity index (χ0) is 30.6. The highest BCUT2D eigenvalue weighted by Crippen LogP contribution is 2.61. The van der Waals surface area contributed by atoms with E-state index in [1.54, 1.807) is 0 Å². The number of H-pyrrole nitrogens is 1. The van der Waals surface area contributed by atoms with Gasteiger partial charge in [0.1, 0.15) is 5.65 Å². The largest absolute Gasteiger partial charge is 0.348 e. The van der Waals surface area contributed by atoms with Crippen molar-refractivity contribution < 1.29 is 4.79 Å². The van der Waals surface area contributed by atoms with Crippen LogP contribution in [-0.2, 0) is 6.54 Å². The van der Waals surface area contributed by atoms with Gasteiger partial charge in [-0.1, -0.05) is 0 Å². The van der Waals surface area contributed by atoms with E-state index in [9.17, 15) is 9.59 Å². The van der Waals surface area contributed by atoms with E-state index in [-0.39, 0.29) is 24.1 Å². The van der Waals surface area contributed by atoms with Crippen LogP contribution in [0.1, 0.15) is 98.1 Å². The van der Waals surface area contributed by atoms with Crippen LogP contribution in [0.2, 0.25) is 0 Å². The summed E-state index contributed by atoms with van der Waals surface area (Å²) >= 11 is 1.53. The van der Waals surface area contributed by atoms with Crippen LogP contribution >= 0.6 is 11.8 Å². The number of rotatable bonds is 9. The Morgan fingerprint density at radius 3 is 2.48 bits per heavy atom. The molecule has 0 radical (unpaired) electrons. The molecule has 4 bridgehead atoms. The smallest absolute Gasteiger partial charge is 0.254 e. The maximum atomic E-state index is 13.7. The van der Waals surface area contributed by atoms with Crippen LogP contribution in [-0.4, -0.2) is 51.2 Å². The van der Waals surface area contributed by atoms with Crippen LogP contribution < -0.4 is 10.9 Å². The van der Waals surface area contributed by atoms with E-state index >= 15 is 0 Å². The third-order valence-electron chi connectivity index (χ3n) is 12.0. The minimum atomic E-state index is -0.155. The van der Waals surface area contributed by atoms with Crippen molar-refractivity contribution in [3.05, 3.63) is 57.3 Å². The number of hydrogen-bond acceptors (Lipinski definition) is 5. The van der Waals surface area contributed by atoms with Crippen molar-refractivity contribution >= 4 is 28.7 Å². The predicted molar refractivity (Wildman–Crippen MR) is 178 cm³/mol. The van der Waals surface area contributed by atoms with Crippen molar-refractivity contribution in [2.45, 2.75) is 96.0 Å². The summed E-state index contributed by atoms with van der Waals surface area (Å²) in [5, 5.41) is 3.94. The molecule has 4 saturated carbocycles. The van der Waals surface area contributed by atoms with Crippen LogP contribution in [0.3, 0.4) is 0 Å². The molecule has 236 valence electrons. The number of amides is 1. The summed E-state index contributed by atoms with van der Waals surface area (Å²) in [6.07, 6.45) is 16.7. The summed E-state index contributed by atoms with van der Waals surface area (Å²) in [6, 6.07) is 6.13. The summed E-state index contributed by atoms with van der Waals surface area (Å²) in [5.74, 6) is 3.50. The summed E-state index contributed by atoms with van der Waals surface area (Å²) in [5.41, 5.74) is 4.43. The summed E-state index contributed by atoms with van der Waals surface area (Å²) in [4.78, 5) is 37.7. The zero-order valence-corrected chi connectivity index (χ0v) is 27.8. The van der Waals surface area contributed by atoms with Crippen molar-refractivity contribution in [2.24, 2.45) is 29.1 Å². The first-order valence-corrected chi connectivity index (χ1v) is 18.2. The van der Waals surface area contributed by atoms with Gasteiger partial charge in [-0.15, -0.1) is 11.8 Å². The molecule has 8 heteroatoms. The topological polar surface area (TPSA) is 83.0 Å². The zero-order valence-electron chi connectivity index (χ0n) is 27.0. The summed E-state index contributed by atoms with van der Waals surface area (Å²) in [7, 11) is 0. The average Bonchev–Trinajstić information content (AvgIpc) is 3.30. The quantitative estimate of drug-likeness (QED) is 0.257. The SMILES string of the molecule is CSc1cc(C)[nH]c(=O)c1CNC(=O)c1c(C)n(C(C)C2CCN(CCC34CC5CC(CC(C5)C3)C4)CC2)c2ncccc12. The summed E-state index contributed by atoms with van der Waals surface area (Å²) < 4.78 is 2.31. The van der Waals surface area contributed by atoms with E-state index in [0.29, 0.717) is 22.5 Å². The monoisotopic (exact) mass is 615 g/mol. The normalized spacial score (nSPS) is 27.7. The second kappa shape index (κ2) is 12.0. The number of piperidine rings is 1. The van der Waals surface area contributed by atoms with Gasteiger partial charge in [0, 0.05) is 46.0 Å². The highest BCUT2D eigenvalue weighted by molar-refractivity contribution is 7.98. The molecule has 2 N–H and O–H groups in total. The molecular weight excluding hydrogens is 566 g/mol. The molecule has 0 spiro atoms. The molecule has 1 unspecified atom stereocenters. The molecule has 5 fully saturated rings. The fraction of sp³-hybridized carbons (Fsp3) is 0.639. The van der Waals surface area contributed by atoms with E-state index in [0.717, 1.165) is 45.1 Å². The van der Waals surface area contributed by atoms with Gasteiger partial charge in [0.15, 0.2) is 0 Å². The fourth-order valence-electron chi connectivity index (χ4n) is 10.2. The lowest BCUT2D eigenvalue weighted by molar-refractivity contribution is -0.0620. The Labute approximate surface area is 266 Å². The van der Waals surface area contributed by atoms with Gasteiger partial charge in [0.05, 0.1) is 5.56 Å². The van der Waals surface area contributed by atoms with Gasteiger partial charge in [0.2, 0.25) is 0 Å². The van der Waals surface area contributed by atoms with Crippen LogP contribution in [0.15, 0.2) is 34.1 Å². The standard InChI is InChI=1S/C36H49N5O2S/c1-22-14-31(44-4)30(34(42)39-22)21-38-35(43)32-24(3)41(33-29(32)6-5-10-37-33)23(2)28-7-11-40(12-8-28)13-9-36-18-25-15-26(19-36)17-27(16-25)20-36/h5-6,10,14,23,25-28H,7-9,11-13,15-21H2,1-4H3,(H,38,43)(H,39,42). The Morgan fingerprint density at radius 1 is 1.14 bits per heavy atom. The second-order valence-corrected chi connectivity index (χ2v) is 15.7. The first kappa shape index (κ1) is 30.1. The first-order chi connectivity index (χ1) is 21.2. The van der Waals surface area contributed by atoms with Crippen molar-refractivity contribution in [2.75, 3.05) is 25.9 Å². The van der Waals surface area contributed by atoms with Crippen LogP contribution in [0.25, 0.3) is 11.0 Å². The minimum absolute atomic E-state index is 0.145. The first-order valence-electron chi connectivity index (χ1n) is 17.0. The molecule has 44 heavy (non-hydrogen) atoms. The van der Waals surface area contributed by atoms with Crippen molar-refractivity contribution in [3.8, 4) is 0 Å². The number of thioether (sulfide) groups is 1. The number of aromatic nitrogens is 3. The molecule has 3 aromatic rings. The maximum Gasteiger partial charge on any atom is 0.254 e. The number of pyridine rings is 2. The van der Waals surface area contributed by atoms with E-state index in [4.69, 9.17) is 4.98 Å². The second-order valence-electron chi connectivity index (χ2n) is 14.8. The van der Waals surface area contributed by atoms with Gasteiger partial charge in [0.25, 0.3) is 11.5 Å². The van der Waals surface area contributed by atoms with Gasteiger partial charge in [-0.2, -0.15) is 0 Å². The Hall–Kier alpha value is -2.58. The highest BCUT2D eigenvalue weighted by Gasteiger charge is 2.50. The molecule has 4 aliphatic carbocycles. The number of carbonyl (C=O) groups excluding carboxylic acids is 1. The number of nitrogens with zero attached hydrogens (tertiary/aromatic N) is 3. The molecule has 5 aliphatic rings. The third kappa shape index (κ3) is 5.55. The fourth-order valence-corrected chi connectivity index (χ4v) is 10.9. The lowest BCUT2D eigenvalue weighted by Crippen LogP contribution is -2.47. The van der Waals surface area contributed by atoms with Crippen molar-refractivity contribution in [1.82, 2.24) is 24.8 Å². The Morgan fingerprint density at radius 2 is 1.82 bits per heavy atom. The van der Waals surface area contributed by atoms with Crippen LogP contribution in [0, 0.1) is 42.9 Å². The number of nitrogens with one attached hydrogen (secondary N) is 2. The number of aromatic amines is 1. The summed E-state index contributed by atoms with van der Waals surface area (Å²) in [6.45, 7) is 10.0. The van der Waals surface area contributed by atoms with E-state index in [1.165, 1.54) is 89.2 Å². The molecule has 1 saturated heterocycles. The van der Waals surface area contributed by atoms with E-state index in [2.05, 4.69) is 33.6 Å². The molecule has 1 aliphatic heterocycles. The number of likely N-dealkylation sites (tertiary alicyclic amines) is 1. The number of hydrogen-bond donors (Lipinski definition) is 2. The Kier molecular flexibility index (Phi) is 8.19. The van der Waals surface area contributed by atoms with Gasteiger partial charge >= 0.3 is 0 Å². The van der Waals surface area contributed by atoms with Crippen LogP contribution in [0.4, 0.5) is 0 Å². The number of aryl methyl sites for hydroxylation is 1. The molecular formula is C36H49N5O2S. The molecule has 0 aromatic carbocycles. The van der Waals surface area contributed by atoms with Crippen LogP contribution in [0.5, 0.6) is 0 Å². The van der Waals surface area contributed by atoms with Crippen molar-refractivity contribution in [1.29, 1.82) is 0 Å². The van der Waals surface area contributed by atoms with Gasteiger partial charge < -0.3 is 19.8 Å². The Bertz CT molecular complexity index is 1560. The van der Waals surface area contributed by atoms with Gasteiger partial charge in [-0.25, -0.2) is 4.98 Å².